The molecule has 7 heteroatoms. The molecule has 0 saturated carbocycles. The summed E-state index contributed by atoms with van der Waals surface area (Å²) in [6, 6.07) is 3.17. The number of phenols is 2. The van der Waals surface area contributed by atoms with Crippen LogP contribution in [0.4, 0.5) is 0 Å². The second-order valence-electron chi connectivity index (χ2n) is 4.19. The van der Waals surface area contributed by atoms with Gasteiger partial charge < -0.3 is 19.7 Å². The number of carboxylic acids is 1. The third kappa shape index (κ3) is 2.12. The third-order valence-electron chi connectivity index (χ3n) is 2.78. The van der Waals surface area contributed by atoms with Gasteiger partial charge in [-0.05, 0) is 18.6 Å². The summed E-state index contributed by atoms with van der Waals surface area (Å²) in [4.78, 5) is 22.6. The highest BCUT2D eigenvalue weighted by molar-refractivity contribution is 7.82. The number of carboxylic acid groups (broad SMARTS) is 1. The van der Waals surface area contributed by atoms with Crippen LogP contribution >= 0.6 is 12.6 Å². The van der Waals surface area contributed by atoms with Gasteiger partial charge in [0.25, 0.3) is 0 Å². The summed E-state index contributed by atoms with van der Waals surface area (Å²) in [6.07, 6.45) is 0. The minimum Gasteiger partial charge on any atom is -0.504 e. The maximum Gasteiger partial charge on any atom is 0.336 e. The lowest BCUT2D eigenvalue weighted by atomic mass is 9.96. The van der Waals surface area contributed by atoms with Crippen molar-refractivity contribution in [2.24, 2.45) is 0 Å². The van der Waals surface area contributed by atoms with Crippen molar-refractivity contribution in [1.29, 1.82) is 0 Å². The molecule has 0 aliphatic rings. The standard InChI is InChI=1S/C12H10O6S/c1-12(19,11(16)17)6-3-10(15)18-9-4-8(14)7(13)2-5(6)9/h2-4,13-14,19H,1H3,(H,16,17). The Hall–Kier alpha value is -2.15. The molecule has 2 rings (SSSR count). The number of aromatic hydroxyl groups is 2. The summed E-state index contributed by atoms with van der Waals surface area (Å²) < 4.78 is 3.22. The van der Waals surface area contributed by atoms with Crippen LogP contribution in [-0.4, -0.2) is 21.3 Å². The first kappa shape index (κ1) is 13.3. The molecule has 3 N–H and O–H groups in total. The van der Waals surface area contributed by atoms with E-state index in [9.17, 15) is 19.8 Å². The Bertz CT molecular complexity index is 731. The fourth-order valence-electron chi connectivity index (χ4n) is 1.70. The van der Waals surface area contributed by atoms with Crippen LogP contribution in [0.25, 0.3) is 11.0 Å². The molecule has 1 aromatic carbocycles. The van der Waals surface area contributed by atoms with Crippen LogP contribution in [0.5, 0.6) is 11.5 Å². The van der Waals surface area contributed by atoms with Crippen LogP contribution in [-0.2, 0) is 9.54 Å². The number of hydrogen-bond donors (Lipinski definition) is 4. The number of fused-ring (bicyclic) bond motifs is 1. The van der Waals surface area contributed by atoms with Crippen LogP contribution in [0.2, 0.25) is 0 Å². The van der Waals surface area contributed by atoms with Crippen LogP contribution in [0.1, 0.15) is 12.5 Å². The molecule has 0 aliphatic carbocycles. The van der Waals surface area contributed by atoms with Crippen molar-refractivity contribution in [2.45, 2.75) is 11.7 Å². The summed E-state index contributed by atoms with van der Waals surface area (Å²) in [6.45, 7) is 1.30. The molecular weight excluding hydrogens is 272 g/mol. The Kier molecular flexibility index (Phi) is 2.94. The SMILES string of the molecule is CC(S)(C(=O)O)c1cc(=O)oc2cc(O)c(O)cc12. The van der Waals surface area contributed by atoms with Crippen molar-refractivity contribution in [1.82, 2.24) is 0 Å². The van der Waals surface area contributed by atoms with Gasteiger partial charge in [-0.15, -0.1) is 0 Å². The number of benzene rings is 1. The lowest BCUT2D eigenvalue weighted by Crippen LogP contribution is -2.27. The third-order valence-corrected chi connectivity index (χ3v) is 3.21. The number of phenolic OH excluding ortho intramolecular Hbond substituents is 2. The molecule has 1 atom stereocenters. The topological polar surface area (TPSA) is 108 Å². The molecule has 0 bridgehead atoms. The van der Waals surface area contributed by atoms with Gasteiger partial charge in [0.2, 0.25) is 0 Å². The van der Waals surface area contributed by atoms with Gasteiger partial charge >= 0.3 is 11.6 Å². The predicted octanol–water partition coefficient (Wildman–Crippen LogP) is 1.43. The predicted molar refractivity (Wildman–Crippen MR) is 69.8 cm³/mol. The van der Waals surface area contributed by atoms with Gasteiger partial charge in [-0.3, -0.25) is 4.79 Å². The Morgan fingerprint density at radius 2 is 1.84 bits per heavy atom. The van der Waals surface area contributed by atoms with E-state index in [0.717, 1.165) is 18.2 Å². The van der Waals surface area contributed by atoms with E-state index in [0.29, 0.717) is 0 Å². The molecule has 6 nitrogen and oxygen atoms in total. The first-order valence-corrected chi connectivity index (χ1v) is 5.64. The highest BCUT2D eigenvalue weighted by atomic mass is 32.1. The summed E-state index contributed by atoms with van der Waals surface area (Å²) in [7, 11) is 0. The van der Waals surface area contributed by atoms with E-state index >= 15 is 0 Å². The lowest BCUT2D eigenvalue weighted by molar-refractivity contribution is -0.139. The second-order valence-corrected chi connectivity index (χ2v) is 5.09. The molecule has 2 aromatic rings. The van der Waals surface area contributed by atoms with E-state index in [1.165, 1.54) is 6.92 Å². The van der Waals surface area contributed by atoms with Crippen LogP contribution in [0.15, 0.2) is 27.4 Å². The van der Waals surface area contributed by atoms with Crippen molar-refractivity contribution in [3.05, 3.63) is 34.2 Å². The molecule has 0 radical (unpaired) electrons. The Balaban J connectivity index is 2.92. The smallest absolute Gasteiger partial charge is 0.336 e. The summed E-state index contributed by atoms with van der Waals surface area (Å²) in [5, 5.41) is 28.2. The first-order chi connectivity index (χ1) is 8.73. The molecule has 0 spiro atoms. The van der Waals surface area contributed by atoms with Crippen molar-refractivity contribution in [2.75, 3.05) is 0 Å². The number of aliphatic carboxylic acids is 1. The molecule has 100 valence electrons. The minimum atomic E-state index is -1.64. The molecule has 19 heavy (non-hydrogen) atoms. The first-order valence-electron chi connectivity index (χ1n) is 5.19. The molecular formula is C12H10O6S. The maximum absolute atomic E-state index is 11.4. The van der Waals surface area contributed by atoms with E-state index < -0.39 is 27.8 Å². The minimum absolute atomic E-state index is 0.0284. The van der Waals surface area contributed by atoms with E-state index in [-0.39, 0.29) is 16.5 Å². The average Bonchev–Trinajstić information content (AvgIpc) is 2.30. The highest BCUT2D eigenvalue weighted by Crippen LogP contribution is 2.37. The molecule has 1 heterocycles. The maximum atomic E-state index is 11.4. The number of hydrogen-bond acceptors (Lipinski definition) is 6. The number of carbonyl (C=O) groups is 1. The monoisotopic (exact) mass is 282 g/mol. The van der Waals surface area contributed by atoms with E-state index in [1.807, 2.05) is 0 Å². The molecule has 0 amide bonds. The second kappa shape index (κ2) is 4.20. The van der Waals surface area contributed by atoms with Gasteiger partial charge in [0.1, 0.15) is 10.3 Å². The zero-order chi connectivity index (χ0) is 14.4. The average molecular weight is 282 g/mol. The fraction of sp³-hybridized carbons (Fsp3) is 0.167. The van der Waals surface area contributed by atoms with Gasteiger partial charge in [0.15, 0.2) is 11.5 Å². The van der Waals surface area contributed by atoms with E-state index in [2.05, 4.69) is 12.6 Å². The van der Waals surface area contributed by atoms with Crippen molar-refractivity contribution in [3.63, 3.8) is 0 Å². The normalized spacial score (nSPS) is 14.2. The molecule has 1 aromatic heterocycles. The zero-order valence-corrected chi connectivity index (χ0v) is 10.6. The van der Waals surface area contributed by atoms with Gasteiger partial charge in [-0.1, -0.05) is 0 Å². The summed E-state index contributed by atoms with van der Waals surface area (Å²) >= 11 is 4.03. The van der Waals surface area contributed by atoms with Gasteiger partial charge in [-0.2, -0.15) is 12.6 Å². The van der Waals surface area contributed by atoms with E-state index in [1.54, 1.807) is 0 Å². The van der Waals surface area contributed by atoms with Crippen molar-refractivity contribution >= 4 is 29.6 Å². The van der Waals surface area contributed by atoms with Crippen LogP contribution in [0, 0.1) is 0 Å². The number of rotatable bonds is 2. The van der Waals surface area contributed by atoms with Gasteiger partial charge in [-0.25, -0.2) is 4.79 Å². The highest BCUT2D eigenvalue weighted by Gasteiger charge is 2.33. The largest absolute Gasteiger partial charge is 0.504 e. The van der Waals surface area contributed by atoms with Crippen molar-refractivity contribution < 1.29 is 24.5 Å². The zero-order valence-electron chi connectivity index (χ0n) is 9.75. The Labute approximate surface area is 112 Å². The number of thiol groups is 1. The van der Waals surface area contributed by atoms with E-state index in [4.69, 9.17) is 9.52 Å². The Morgan fingerprint density at radius 1 is 1.26 bits per heavy atom. The Morgan fingerprint density at radius 3 is 2.42 bits per heavy atom. The quantitative estimate of drug-likeness (QED) is 0.377. The van der Waals surface area contributed by atoms with Crippen LogP contribution < -0.4 is 5.63 Å². The van der Waals surface area contributed by atoms with Gasteiger partial charge in [0, 0.05) is 17.5 Å². The van der Waals surface area contributed by atoms with Crippen molar-refractivity contribution in [3.8, 4) is 11.5 Å². The summed E-state index contributed by atoms with van der Waals surface area (Å²) in [5.41, 5.74) is -0.724. The molecule has 0 aliphatic heterocycles. The van der Waals surface area contributed by atoms with Gasteiger partial charge in [0.05, 0.1) is 0 Å². The molecule has 0 fully saturated rings. The molecule has 1 unspecified atom stereocenters. The van der Waals surface area contributed by atoms with Crippen LogP contribution in [0.3, 0.4) is 0 Å². The summed E-state index contributed by atoms with van der Waals surface area (Å²) in [5.74, 6) is -2.17. The fourth-order valence-corrected chi connectivity index (χ4v) is 1.89. The molecule has 0 saturated heterocycles. The lowest BCUT2D eigenvalue weighted by Gasteiger charge is -2.20.